The van der Waals surface area contributed by atoms with Gasteiger partial charge >= 0.3 is 12.0 Å². The SMILES string of the molecule is C=C1NC(=O)N[C@H](c2cc(OC)ccc2OC)[C@H]1C(=O)OCCSCC. The van der Waals surface area contributed by atoms with E-state index in [9.17, 15) is 9.59 Å². The smallest absolute Gasteiger partial charge is 0.319 e. The molecule has 26 heavy (non-hydrogen) atoms. The molecule has 142 valence electrons. The van der Waals surface area contributed by atoms with Crippen molar-refractivity contribution in [1.29, 1.82) is 0 Å². The molecule has 0 radical (unpaired) electrons. The van der Waals surface area contributed by atoms with Gasteiger partial charge in [0.05, 0.1) is 20.3 Å². The molecule has 2 rings (SSSR count). The third kappa shape index (κ3) is 4.63. The number of carbonyl (C=O) groups excluding carboxylic acids is 2. The van der Waals surface area contributed by atoms with Crippen LogP contribution in [-0.4, -0.2) is 44.3 Å². The summed E-state index contributed by atoms with van der Waals surface area (Å²) in [5, 5.41) is 5.32. The summed E-state index contributed by atoms with van der Waals surface area (Å²) in [7, 11) is 3.07. The van der Waals surface area contributed by atoms with Crippen LogP contribution in [0, 0.1) is 5.92 Å². The molecule has 1 saturated heterocycles. The summed E-state index contributed by atoms with van der Waals surface area (Å²) < 4.78 is 16.0. The minimum Gasteiger partial charge on any atom is -0.497 e. The molecule has 1 aromatic carbocycles. The predicted octanol–water partition coefficient (Wildman–Crippen LogP) is 2.48. The lowest BCUT2D eigenvalue weighted by Gasteiger charge is -2.34. The van der Waals surface area contributed by atoms with Gasteiger partial charge in [0, 0.05) is 17.0 Å². The molecule has 0 spiro atoms. The van der Waals surface area contributed by atoms with Crippen LogP contribution in [0.15, 0.2) is 30.5 Å². The van der Waals surface area contributed by atoms with Gasteiger partial charge in [0.2, 0.25) is 0 Å². The maximum Gasteiger partial charge on any atom is 0.319 e. The van der Waals surface area contributed by atoms with E-state index < -0.39 is 24.0 Å². The fourth-order valence-corrected chi connectivity index (χ4v) is 3.23. The quantitative estimate of drug-likeness (QED) is 0.532. The molecular weight excluding hydrogens is 356 g/mol. The molecule has 8 heteroatoms. The molecule has 0 aliphatic carbocycles. The van der Waals surface area contributed by atoms with Crippen molar-refractivity contribution >= 4 is 23.8 Å². The molecule has 0 saturated carbocycles. The van der Waals surface area contributed by atoms with Crippen molar-refractivity contribution in [2.24, 2.45) is 5.92 Å². The molecule has 7 nitrogen and oxygen atoms in total. The Hall–Kier alpha value is -2.35. The molecule has 1 aromatic rings. The first-order valence-electron chi connectivity index (χ1n) is 8.24. The van der Waals surface area contributed by atoms with E-state index in [0.29, 0.717) is 29.4 Å². The van der Waals surface area contributed by atoms with Crippen molar-refractivity contribution in [1.82, 2.24) is 10.6 Å². The number of thioether (sulfide) groups is 1. The third-order valence-electron chi connectivity index (χ3n) is 3.97. The topological polar surface area (TPSA) is 85.9 Å². The first-order chi connectivity index (χ1) is 12.5. The van der Waals surface area contributed by atoms with Crippen molar-refractivity contribution in [2.75, 3.05) is 32.3 Å². The van der Waals surface area contributed by atoms with Gasteiger partial charge in [-0.05, 0) is 24.0 Å². The van der Waals surface area contributed by atoms with Crippen molar-refractivity contribution in [3.63, 3.8) is 0 Å². The predicted molar refractivity (Wildman–Crippen MR) is 101 cm³/mol. The molecule has 2 amide bonds. The molecular formula is C18H24N2O5S. The number of esters is 1. The summed E-state index contributed by atoms with van der Waals surface area (Å²) in [6.45, 7) is 6.18. The zero-order valence-electron chi connectivity index (χ0n) is 15.2. The highest BCUT2D eigenvalue weighted by Gasteiger charge is 2.40. The van der Waals surface area contributed by atoms with E-state index in [0.717, 1.165) is 5.75 Å². The average Bonchev–Trinajstić information content (AvgIpc) is 2.63. The van der Waals surface area contributed by atoms with Gasteiger partial charge < -0.3 is 24.8 Å². The first kappa shape index (κ1) is 20.0. The van der Waals surface area contributed by atoms with Crippen LogP contribution in [0.5, 0.6) is 11.5 Å². The monoisotopic (exact) mass is 380 g/mol. The number of methoxy groups -OCH3 is 2. The Morgan fingerprint density at radius 3 is 2.73 bits per heavy atom. The molecule has 2 N–H and O–H groups in total. The Bertz CT molecular complexity index is 680. The second kappa shape index (κ2) is 9.38. The molecule has 1 aliphatic heterocycles. The number of hydrogen-bond acceptors (Lipinski definition) is 6. The van der Waals surface area contributed by atoms with Gasteiger partial charge in [-0.1, -0.05) is 13.5 Å². The van der Waals surface area contributed by atoms with E-state index in [2.05, 4.69) is 17.2 Å². The van der Waals surface area contributed by atoms with Crippen LogP contribution < -0.4 is 20.1 Å². The van der Waals surface area contributed by atoms with Crippen molar-refractivity contribution in [2.45, 2.75) is 13.0 Å². The minimum absolute atomic E-state index is 0.289. The molecule has 0 unspecified atom stereocenters. The standard InChI is InChI=1S/C18H24N2O5S/c1-5-26-9-8-25-17(21)15-11(2)19-18(22)20-16(15)13-10-12(23-3)6-7-14(13)24-4/h6-7,10,15-16H,2,5,8-9H2,1,3-4H3,(H2,19,20,22)/t15-,16+/m0/s1. The van der Waals surface area contributed by atoms with Gasteiger partial charge in [-0.25, -0.2) is 4.79 Å². The zero-order chi connectivity index (χ0) is 19.1. The molecule has 0 bridgehead atoms. The van der Waals surface area contributed by atoms with Crippen LogP contribution >= 0.6 is 11.8 Å². The van der Waals surface area contributed by atoms with Crippen LogP contribution in [-0.2, 0) is 9.53 Å². The van der Waals surface area contributed by atoms with E-state index in [1.807, 2.05) is 6.92 Å². The van der Waals surface area contributed by atoms with E-state index in [-0.39, 0.29) is 5.70 Å². The fourth-order valence-electron chi connectivity index (χ4n) is 2.74. The van der Waals surface area contributed by atoms with Crippen molar-refractivity contribution < 1.29 is 23.8 Å². The summed E-state index contributed by atoms with van der Waals surface area (Å²) in [6, 6.07) is 4.10. The number of nitrogens with one attached hydrogen (secondary N) is 2. The molecule has 0 aromatic heterocycles. The van der Waals surface area contributed by atoms with Gasteiger partial charge in [-0.2, -0.15) is 11.8 Å². The Morgan fingerprint density at radius 1 is 1.31 bits per heavy atom. The largest absolute Gasteiger partial charge is 0.497 e. The number of benzene rings is 1. The number of carbonyl (C=O) groups is 2. The Labute approximate surface area is 157 Å². The second-order valence-corrected chi connectivity index (χ2v) is 6.95. The number of rotatable bonds is 8. The lowest BCUT2D eigenvalue weighted by atomic mass is 9.88. The fraction of sp³-hybridized carbons (Fsp3) is 0.444. The first-order valence-corrected chi connectivity index (χ1v) is 9.39. The summed E-state index contributed by atoms with van der Waals surface area (Å²) in [4.78, 5) is 24.6. The van der Waals surface area contributed by atoms with Crippen molar-refractivity contribution in [3.8, 4) is 11.5 Å². The van der Waals surface area contributed by atoms with E-state index >= 15 is 0 Å². The third-order valence-corrected chi connectivity index (χ3v) is 4.84. The van der Waals surface area contributed by atoms with Crippen LogP contribution in [0.3, 0.4) is 0 Å². The van der Waals surface area contributed by atoms with E-state index in [1.165, 1.54) is 7.11 Å². The average molecular weight is 380 g/mol. The highest BCUT2D eigenvalue weighted by molar-refractivity contribution is 7.99. The number of urea groups is 1. The zero-order valence-corrected chi connectivity index (χ0v) is 16.0. The molecule has 1 heterocycles. The number of ether oxygens (including phenoxy) is 3. The van der Waals surface area contributed by atoms with Gasteiger partial charge in [0.15, 0.2) is 0 Å². The van der Waals surface area contributed by atoms with Crippen LogP contribution in [0.25, 0.3) is 0 Å². The van der Waals surface area contributed by atoms with Gasteiger partial charge in [0.1, 0.15) is 24.0 Å². The highest BCUT2D eigenvalue weighted by atomic mass is 32.2. The van der Waals surface area contributed by atoms with Crippen LogP contribution in [0.4, 0.5) is 4.79 Å². The van der Waals surface area contributed by atoms with Crippen LogP contribution in [0.2, 0.25) is 0 Å². The van der Waals surface area contributed by atoms with Gasteiger partial charge in [-0.3, -0.25) is 4.79 Å². The van der Waals surface area contributed by atoms with Gasteiger partial charge in [-0.15, -0.1) is 0 Å². The normalized spacial score (nSPS) is 19.3. The summed E-state index contributed by atoms with van der Waals surface area (Å²) in [5.41, 5.74) is 0.907. The highest BCUT2D eigenvalue weighted by Crippen LogP contribution is 2.37. The number of amides is 2. The maximum atomic E-state index is 12.7. The molecule has 1 fully saturated rings. The van der Waals surface area contributed by atoms with E-state index in [4.69, 9.17) is 14.2 Å². The lowest BCUT2D eigenvalue weighted by molar-refractivity contribution is -0.147. The summed E-state index contributed by atoms with van der Waals surface area (Å²) in [6.07, 6.45) is 0. The maximum absolute atomic E-state index is 12.7. The Morgan fingerprint density at radius 2 is 2.08 bits per heavy atom. The van der Waals surface area contributed by atoms with Crippen molar-refractivity contribution in [3.05, 3.63) is 36.0 Å². The Balaban J connectivity index is 2.31. The van der Waals surface area contributed by atoms with E-state index in [1.54, 1.807) is 37.1 Å². The summed E-state index contributed by atoms with van der Waals surface area (Å²) in [5.74, 6) is 1.56. The number of hydrogen-bond donors (Lipinski definition) is 2. The lowest BCUT2D eigenvalue weighted by Crippen LogP contribution is -2.51. The molecule has 1 aliphatic rings. The second-order valence-electron chi connectivity index (χ2n) is 5.55. The minimum atomic E-state index is -0.777. The van der Waals surface area contributed by atoms with Crippen LogP contribution in [0.1, 0.15) is 18.5 Å². The Kier molecular flexibility index (Phi) is 7.20. The summed E-state index contributed by atoms with van der Waals surface area (Å²) >= 11 is 1.68. The van der Waals surface area contributed by atoms with Gasteiger partial charge in [0.25, 0.3) is 0 Å². The molecule has 2 atom stereocenters.